The molecule has 0 amide bonds. The van der Waals surface area contributed by atoms with Crippen LogP contribution in [0.2, 0.25) is 0 Å². The molecule has 0 rings (SSSR count). The van der Waals surface area contributed by atoms with Crippen molar-refractivity contribution in [1.29, 1.82) is 0 Å². The van der Waals surface area contributed by atoms with Gasteiger partial charge in [-0.05, 0) is 12.8 Å². The molecule has 1 atom stereocenters. The van der Waals surface area contributed by atoms with Crippen LogP contribution in [0.3, 0.4) is 0 Å². The Hall–Kier alpha value is -1.62. The molecule has 5 nitrogen and oxygen atoms in total. The maximum Gasteiger partial charge on any atom is 0.333 e. The summed E-state index contributed by atoms with van der Waals surface area (Å²) in [4.78, 5) is 22.4. The van der Waals surface area contributed by atoms with Crippen LogP contribution in [0.15, 0.2) is 24.3 Å². The highest BCUT2D eigenvalue weighted by molar-refractivity contribution is 5.88. The van der Waals surface area contributed by atoms with Crippen LogP contribution in [0.25, 0.3) is 0 Å². The average molecular weight is 256 g/mol. The van der Waals surface area contributed by atoms with Crippen molar-refractivity contribution in [3.63, 3.8) is 0 Å². The lowest BCUT2D eigenvalue weighted by Gasteiger charge is -2.13. The molecule has 0 aliphatic heterocycles. The third-order valence-corrected chi connectivity index (χ3v) is 2.12. The lowest BCUT2D eigenvalue weighted by molar-refractivity contribution is -0.147. The van der Waals surface area contributed by atoms with Crippen LogP contribution in [0.5, 0.6) is 0 Å². The van der Waals surface area contributed by atoms with Gasteiger partial charge in [0.2, 0.25) is 0 Å². The summed E-state index contributed by atoms with van der Waals surface area (Å²) in [5, 5.41) is 9.44. The zero-order chi connectivity index (χ0) is 14.3. The van der Waals surface area contributed by atoms with Gasteiger partial charge in [0.15, 0.2) is 0 Å². The quantitative estimate of drug-likeness (QED) is 0.547. The fourth-order valence-corrected chi connectivity index (χ4v) is 0.843. The summed E-state index contributed by atoms with van der Waals surface area (Å²) in [6, 6.07) is 0. The third-order valence-electron chi connectivity index (χ3n) is 2.12. The molecular formula is C13H20O5. The maximum atomic E-state index is 11.4. The van der Waals surface area contributed by atoms with E-state index in [1.165, 1.54) is 6.92 Å². The molecule has 0 aliphatic carbocycles. The van der Waals surface area contributed by atoms with Gasteiger partial charge in [-0.1, -0.05) is 27.0 Å². The van der Waals surface area contributed by atoms with Crippen LogP contribution < -0.4 is 0 Å². The van der Waals surface area contributed by atoms with E-state index < -0.39 is 18.0 Å². The zero-order valence-electron chi connectivity index (χ0n) is 11.1. The van der Waals surface area contributed by atoms with Gasteiger partial charge < -0.3 is 14.6 Å². The van der Waals surface area contributed by atoms with Gasteiger partial charge >= 0.3 is 11.9 Å². The molecule has 0 aromatic rings. The molecule has 0 heterocycles. The van der Waals surface area contributed by atoms with Crippen LogP contribution >= 0.6 is 0 Å². The van der Waals surface area contributed by atoms with Gasteiger partial charge in [0.05, 0.1) is 0 Å². The number of hydrogen-bond acceptors (Lipinski definition) is 5. The van der Waals surface area contributed by atoms with Crippen molar-refractivity contribution in [3.8, 4) is 0 Å². The topological polar surface area (TPSA) is 72.8 Å². The van der Waals surface area contributed by atoms with Gasteiger partial charge in [-0.15, -0.1) is 0 Å². The first-order chi connectivity index (χ1) is 8.25. The first kappa shape index (κ1) is 16.4. The first-order valence-corrected chi connectivity index (χ1v) is 5.62. The van der Waals surface area contributed by atoms with Crippen molar-refractivity contribution in [2.45, 2.75) is 26.9 Å². The van der Waals surface area contributed by atoms with E-state index in [1.54, 1.807) is 0 Å². The molecule has 0 bridgehead atoms. The highest BCUT2D eigenvalue weighted by atomic mass is 16.6. The van der Waals surface area contributed by atoms with E-state index in [4.69, 9.17) is 9.47 Å². The molecule has 0 saturated heterocycles. The minimum Gasteiger partial charge on any atom is -0.459 e. The van der Waals surface area contributed by atoms with Crippen LogP contribution in [0.4, 0.5) is 0 Å². The summed E-state index contributed by atoms with van der Waals surface area (Å²) in [5.74, 6) is -1.17. The molecule has 0 saturated carbocycles. The third kappa shape index (κ3) is 6.20. The first-order valence-electron chi connectivity index (χ1n) is 5.62. The second-order valence-electron chi connectivity index (χ2n) is 4.31. The zero-order valence-corrected chi connectivity index (χ0v) is 11.1. The van der Waals surface area contributed by atoms with Crippen LogP contribution in [0.1, 0.15) is 20.8 Å². The Balaban J connectivity index is 3.94. The monoisotopic (exact) mass is 256 g/mol. The van der Waals surface area contributed by atoms with Gasteiger partial charge in [0.1, 0.15) is 19.3 Å². The number of carbonyl (C=O) groups excluding carboxylic acids is 2. The summed E-state index contributed by atoms with van der Waals surface area (Å²) >= 11 is 0. The van der Waals surface area contributed by atoms with Crippen LogP contribution in [-0.2, 0) is 19.1 Å². The Labute approximate surface area is 107 Å². The van der Waals surface area contributed by atoms with Gasteiger partial charge in [0.25, 0.3) is 0 Å². The minimum absolute atomic E-state index is 0.0177. The van der Waals surface area contributed by atoms with Crippen molar-refractivity contribution in [3.05, 3.63) is 24.3 Å². The summed E-state index contributed by atoms with van der Waals surface area (Å²) in [7, 11) is 0. The molecule has 0 aromatic heterocycles. The molecule has 0 radical (unpaired) electrons. The van der Waals surface area contributed by atoms with Gasteiger partial charge in [-0.2, -0.15) is 0 Å². The Bertz CT molecular complexity index is 343. The summed E-state index contributed by atoms with van der Waals surface area (Å²) in [5.41, 5.74) is 0.577. The van der Waals surface area contributed by atoms with Crippen molar-refractivity contribution < 1.29 is 24.2 Å². The maximum absolute atomic E-state index is 11.4. The summed E-state index contributed by atoms with van der Waals surface area (Å²) < 4.78 is 9.52. The van der Waals surface area contributed by atoms with Crippen molar-refractivity contribution >= 4 is 11.9 Å². The second-order valence-corrected chi connectivity index (χ2v) is 4.31. The SMILES string of the molecule is C=C(C)C(=O)OCC(O)COC(=O)C(=C)C(C)C. The molecule has 18 heavy (non-hydrogen) atoms. The minimum atomic E-state index is -1.06. The van der Waals surface area contributed by atoms with Crippen molar-refractivity contribution in [1.82, 2.24) is 0 Å². The number of aliphatic hydroxyl groups is 1. The normalized spacial score (nSPS) is 11.8. The highest BCUT2D eigenvalue weighted by Gasteiger charge is 2.15. The van der Waals surface area contributed by atoms with Gasteiger partial charge in [-0.3, -0.25) is 0 Å². The number of carbonyl (C=O) groups is 2. The predicted molar refractivity (Wildman–Crippen MR) is 66.7 cm³/mol. The van der Waals surface area contributed by atoms with E-state index in [1.807, 2.05) is 13.8 Å². The highest BCUT2D eigenvalue weighted by Crippen LogP contribution is 2.08. The van der Waals surface area contributed by atoms with E-state index in [9.17, 15) is 14.7 Å². The fourth-order valence-electron chi connectivity index (χ4n) is 0.843. The smallest absolute Gasteiger partial charge is 0.333 e. The number of hydrogen-bond donors (Lipinski definition) is 1. The largest absolute Gasteiger partial charge is 0.459 e. The van der Waals surface area contributed by atoms with Crippen LogP contribution in [-0.4, -0.2) is 36.4 Å². The number of esters is 2. The Morgan fingerprint density at radius 3 is 1.94 bits per heavy atom. The van der Waals surface area contributed by atoms with E-state index in [-0.39, 0.29) is 24.7 Å². The Morgan fingerprint density at radius 1 is 1.11 bits per heavy atom. The molecule has 5 heteroatoms. The number of ether oxygens (including phenoxy) is 2. The molecular weight excluding hydrogens is 236 g/mol. The van der Waals surface area contributed by atoms with Crippen molar-refractivity contribution in [2.75, 3.05) is 13.2 Å². The standard InChI is InChI=1S/C13H20O5/c1-8(2)10(5)13(16)18-7-11(14)6-17-12(15)9(3)4/h8,11,14H,3,5-7H2,1-2,4H3. The lowest BCUT2D eigenvalue weighted by atomic mass is 10.1. The van der Waals surface area contributed by atoms with E-state index in [2.05, 4.69) is 13.2 Å². The molecule has 1 N–H and O–H groups in total. The van der Waals surface area contributed by atoms with E-state index in [0.717, 1.165) is 0 Å². The predicted octanol–water partition coefficient (Wildman–Crippen LogP) is 1.22. The van der Waals surface area contributed by atoms with Crippen molar-refractivity contribution in [2.24, 2.45) is 5.92 Å². The lowest BCUT2D eigenvalue weighted by Crippen LogP contribution is -2.26. The summed E-state index contributed by atoms with van der Waals surface area (Å²) in [6.45, 7) is 11.6. The molecule has 0 spiro atoms. The van der Waals surface area contributed by atoms with E-state index in [0.29, 0.717) is 5.57 Å². The molecule has 1 unspecified atom stereocenters. The van der Waals surface area contributed by atoms with Gasteiger partial charge in [0, 0.05) is 11.1 Å². The number of rotatable bonds is 7. The fraction of sp³-hybridized carbons (Fsp3) is 0.538. The van der Waals surface area contributed by atoms with E-state index >= 15 is 0 Å². The molecule has 0 aliphatic rings. The summed E-state index contributed by atoms with van der Waals surface area (Å²) in [6.07, 6.45) is -1.06. The average Bonchev–Trinajstić information content (AvgIpc) is 2.31. The van der Waals surface area contributed by atoms with Crippen LogP contribution in [0, 0.1) is 5.92 Å². The molecule has 102 valence electrons. The Kier molecular flexibility index (Phi) is 6.97. The Morgan fingerprint density at radius 2 is 1.56 bits per heavy atom. The molecule has 0 aromatic carbocycles. The number of aliphatic hydroxyl groups excluding tert-OH is 1. The molecule has 0 fully saturated rings. The van der Waals surface area contributed by atoms with Gasteiger partial charge in [-0.25, -0.2) is 9.59 Å². The second kappa shape index (κ2) is 7.66.